The largest absolute Gasteiger partial charge is 0.347 e. The molecule has 0 aliphatic heterocycles. The summed E-state index contributed by atoms with van der Waals surface area (Å²) in [4.78, 5) is 26.6. The van der Waals surface area contributed by atoms with Gasteiger partial charge in [0.25, 0.3) is 5.91 Å². The number of amides is 2. The number of nitrogens with zero attached hydrogens (tertiary/aromatic N) is 2. The Kier molecular flexibility index (Phi) is 5.88. The van der Waals surface area contributed by atoms with Gasteiger partial charge in [0, 0.05) is 26.7 Å². The fourth-order valence-corrected chi connectivity index (χ4v) is 1.57. The van der Waals surface area contributed by atoms with Gasteiger partial charge in [0.2, 0.25) is 5.91 Å². The van der Waals surface area contributed by atoms with Crippen LogP contribution in [0.3, 0.4) is 0 Å². The summed E-state index contributed by atoms with van der Waals surface area (Å²) < 4.78 is 13.3. The first kappa shape index (κ1) is 16.7. The first-order valence-electron chi connectivity index (χ1n) is 6.31. The molecule has 0 fully saturated rings. The molecule has 0 spiro atoms. The van der Waals surface area contributed by atoms with Crippen molar-refractivity contribution in [2.45, 2.75) is 0 Å². The van der Waals surface area contributed by atoms with Crippen molar-refractivity contribution >= 4 is 11.8 Å². The molecule has 0 saturated carbocycles. The third kappa shape index (κ3) is 4.58. The molecule has 0 unspecified atom stereocenters. The average Bonchev–Trinajstić information content (AvgIpc) is 2.44. The number of rotatable bonds is 3. The van der Waals surface area contributed by atoms with Crippen molar-refractivity contribution in [2.24, 2.45) is 5.73 Å². The van der Waals surface area contributed by atoms with Crippen LogP contribution >= 0.6 is 0 Å². The van der Waals surface area contributed by atoms with Crippen LogP contribution in [0.2, 0.25) is 0 Å². The SMILES string of the molecule is CN(C)C(=O)CN(C)C(=O)c1ccc(F)cc1C#CCN. The normalized spacial score (nSPS) is 9.57. The second-order valence-corrected chi connectivity index (χ2v) is 4.65. The van der Waals surface area contributed by atoms with Gasteiger partial charge in [-0.25, -0.2) is 4.39 Å². The van der Waals surface area contributed by atoms with Gasteiger partial charge >= 0.3 is 0 Å². The summed E-state index contributed by atoms with van der Waals surface area (Å²) in [6.45, 7) is 0.0477. The standard InChI is InChI=1S/C15H18FN3O2/c1-18(2)14(20)10-19(3)15(21)13-7-6-12(16)9-11(13)5-4-8-17/h6-7,9H,8,10,17H2,1-3H3. The first-order chi connectivity index (χ1) is 9.86. The number of benzene rings is 1. The summed E-state index contributed by atoms with van der Waals surface area (Å²) >= 11 is 0. The van der Waals surface area contributed by atoms with Gasteiger partial charge in [0.1, 0.15) is 5.82 Å². The van der Waals surface area contributed by atoms with Gasteiger partial charge in [-0.2, -0.15) is 0 Å². The van der Waals surface area contributed by atoms with Gasteiger partial charge in [-0.05, 0) is 18.2 Å². The van der Waals surface area contributed by atoms with Crippen LogP contribution in [0.25, 0.3) is 0 Å². The fourth-order valence-electron chi connectivity index (χ4n) is 1.57. The van der Waals surface area contributed by atoms with Gasteiger partial charge in [0.15, 0.2) is 0 Å². The molecule has 1 aromatic rings. The van der Waals surface area contributed by atoms with Gasteiger partial charge < -0.3 is 15.5 Å². The molecule has 0 heterocycles. The van der Waals surface area contributed by atoms with E-state index >= 15 is 0 Å². The van der Waals surface area contributed by atoms with Crippen molar-refractivity contribution in [1.29, 1.82) is 0 Å². The lowest BCUT2D eigenvalue weighted by Crippen LogP contribution is -2.38. The molecular weight excluding hydrogens is 273 g/mol. The van der Waals surface area contributed by atoms with Gasteiger partial charge in [-0.3, -0.25) is 9.59 Å². The van der Waals surface area contributed by atoms with E-state index in [9.17, 15) is 14.0 Å². The lowest BCUT2D eigenvalue weighted by Gasteiger charge is -2.19. The maximum Gasteiger partial charge on any atom is 0.255 e. The van der Waals surface area contributed by atoms with Crippen molar-refractivity contribution in [3.63, 3.8) is 0 Å². The Hall–Kier alpha value is -2.39. The highest BCUT2D eigenvalue weighted by molar-refractivity contribution is 5.98. The van der Waals surface area contributed by atoms with Crippen molar-refractivity contribution in [3.05, 3.63) is 35.1 Å². The maximum absolute atomic E-state index is 13.3. The minimum absolute atomic E-state index is 0.0625. The number of halogens is 1. The topological polar surface area (TPSA) is 66.6 Å². The summed E-state index contributed by atoms with van der Waals surface area (Å²) in [5.41, 5.74) is 5.79. The summed E-state index contributed by atoms with van der Waals surface area (Å²) in [5, 5.41) is 0. The lowest BCUT2D eigenvalue weighted by molar-refractivity contribution is -0.129. The number of nitrogens with two attached hydrogens (primary N) is 1. The van der Waals surface area contributed by atoms with E-state index in [0.717, 1.165) is 0 Å². The second-order valence-electron chi connectivity index (χ2n) is 4.65. The van der Waals surface area contributed by atoms with E-state index in [1.54, 1.807) is 14.1 Å². The minimum atomic E-state index is -0.486. The zero-order chi connectivity index (χ0) is 16.0. The average molecular weight is 291 g/mol. The van der Waals surface area contributed by atoms with Gasteiger partial charge in [0.05, 0.1) is 18.7 Å². The van der Waals surface area contributed by atoms with Crippen LogP contribution in [0.15, 0.2) is 18.2 Å². The van der Waals surface area contributed by atoms with Crippen molar-refractivity contribution < 1.29 is 14.0 Å². The molecule has 0 atom stereocenters. The van der Waals surface area contributed by atoms with Crippen molar-refractivity contribution in [3.8, 4) is 11.8 Å². The van der Waals surface area contributed by atoms with Crippen LogP contribution in [0.4, 0.5) is 4.39 Å². The Morgan fingerprint density at radius 2 is 1.95 bits per heavy atom. The first-order valence-corrected chi connectivity index (χ1v) is 6.31. The fraction of sp³-hybridized carbons (Fsp3) is 0.333. The number of carbonyl (C=O) groups is 2. The molecule has 0 radical (unpaired) electrons. The van der Waals surface area contributed by atoms with Crippen LogP contribution in [-0.2, 0) is 4.79 Å². The van der Waals surface area contributed by atoms with Crippen molar-refractivity contribution in [2.75, 3.05) is 34.2 Å². The highest BCUT2D eigenvalue weighted by Crippen LogP contribution is 2.12. The zero-order valence-electron chi connectivity index (χ0n) is 12.3. The molecule has 0 aromatic heterocycles. The summed E-state index contributed by atoms with van der Waals surface area (Å²) in [6, 6.07) is 3.72. The van der Waals surface area contributed by atoms with Crippen LogP contribution < -0.4 is 5.73 Å². The molecule has 2 amide bonds. The highest BCUT2D eigenvalue weighted by Gasteiger charge is 2.18. The van der Waals surface area contributed by atoms with E-state index in [-0.39, 0.29) is 30.1 Å². The zero-order valence-corrected chi connectivity index (χ0v) is 12.3. The molecule has 112 valence electrons. The van der Waals surface area contributed by atoms with E-state index in [4.69, 9.17) is 5.73 Å². The third-order valence-electron chi connectivity index (χ3n) is 2.76. The van der Waals surface area contributed by atoms with E-state index in [1.165, 1.54) is 35.0 Å². The predicted molar refractivity (Wildman–Crippen MR) is 78.0 cm³/mol. The Labute approximate surface area is 123 Å². The Morgan fingerprint density at radius 1 is 1.29 bits per heavy atom. The van der Waals surface area contributed by atoms with Crippen LogP contribution in [0, 0.1) is 17.7 Å². The molecule has 0 bridgehead atoms. The number of hydrogen-bond donors (Lipinski definition) is 1. The summed E-state index contributed by atoms with van der Waals surface area (Å²) in [6.07, 6.45) is 0. The van der Waals surface area contributed by atoms with Gasteiger partial charge in [-0.15, -0.1) is 0 Å². The van der Waals surface area contributed by atoms with E-state index < -0.39 is 11.7 Å². The minimum Gasteiger partial charge on any atom is -0.347 e. The third-order valence-corrected chi connectivity index (χ3v) is 2.76. The quantitative estimate of drug-likeness (QED) is 0.814. The van der Waals surface area contributed by atoms with Crippen LogP contribution in [-0.4, -0.2) is 55.8 Å². The van der Waals surface area contributed by atoms with E-state index in [1.807, 2.05) is 0 Å². The highest BCUT2D eigenvalue weighted by atomic mass is 19.1. The molecular formula is C15H18FN3O2. The molecule has 0 aliphatic carbocycles. The van der Waals surface area contributed by atoms with E-state index in [0.29, 0.717) is 0 Å². The number of likely N-dealkylation sites (N-methyl/N-ethyl adjacent to an activating group) is 2. The molecule has 0 saturated heterocycles. The molecule has 21 heavy (non-hydrogen) atoms. The summed E-state index contributed by atoms with van der Waals surface area (Å²) in [7, 11) is 4.72. The molecule has 5 nitrogen and oxygen atoms in total. The Bertz CT molecular complexity index is 603. The number of hydrogen-bond acceptors (Lipinski definition) is 3. The maximum atomic E-state index is 13.3. The molecule has 6 heteroatoms. The van der Waals surface area contributed by atoms with Crippen LogP contribution in [0.5, 0.6) is 0 Å². The Balaban J connectivity index is 3.04. The smallest absolute Gasteiger partial charge is 0.255 e. The molecule has 0 aliphatic rings. The van der Waals surface area contributed by atoms with Gasteiger partial charge in [-0.1, -0.05) is 11.8 Å². The molecule has 1 aromatic carbocycles. The van der Waals surface area contributed by atoms with Crippen molar-refractivity contribution in [1.82, 2.24) is 9.80 Å². The summed E-state index contributed by atoms with van der Waals surface area (Å²) in [5.74, 6) is 4.17. The monoisotopic (exact) mass is 291 g/mol. The predicted octanol–water partition coefficient (Wildman–Crippen LogP) is 0.296. The van der Waals surface area contributed by atoms with E-state index in [2.05, 4.69) is 11.8 Å². The molecule has 1 rings (SSSR count). The number of carbonyl (C=O) groups excluding carboxylic acids is 2. The second kappa shape index (κ2) is 7.41. The lowest BCUT2D eigenvalue weighted by atomic mass is 10.1. The van der Waals surface area contributed by atoms with Crippen LogP contribution in [0.1, 0.15) is 15.9 Å². The molecule has 2 N–H and O–H groups in total. The Morgan fingerprint density at radius 3 is 2.52 bits per heavy atom.